The third kappa shape index (κ3) is 7.14. The predicted octanol–water partition coefficient (Wildman–Crippen LogP) is 7.35. The summed E-state index contributed by atoms with van der Waals surface area (Å²) in [6.07, 6.45) is 0. The van der Waals surface area contributed by atoms with Crippen molar-refractivity contribution < 1.29 is 42.6 Å². The molecule has 0 aliphatic rings. The maximum Gasteiger partial charge on any atom is 0.335 e. The summed E-state index contributed by atoms with van der Waals surface area (Å²) >= 11 is 0. The van der Waals surface area contributed by atoms with Crippen LogP contribution in [0.1, 0.15) is 20.7 Å². The number of ether oxygens (including phenoxy) is 1. The number of carboxylic acid groups (broad SMARTS) is 2. The smallest absolute Gasteiger partial charge is 0.335 e. The lowest BCUT2D eigenvalue weighted by molar-refractivity contribution is 0.0686. The molecule has 0 saturated carbocycles. The Labute approximate surface area is 266 Å². The second-order valence-electron chi connectivity index (χ2n) is 9.83. The molecule has 5 aromatic carbocycles. The van der Waals surface area contributed by atoms with Crippen molar-refractivity contribution in [3.8, 4) is 11.5 Å². The largest absolute Gasteiger partial charge is 0.505 e. The average Bonchev–Trinajstić information content (AvgIpc) is 3.03. The van der Waals surface area contributed by atoms with Crippen LogP contribution < -0.4 is 15.8 Å². The quantitative estimate of drug-likeness (QED) is 0.0492. The van der Waals surface area contributed by atoms with Crippen molar-refractivity contribution >= 4 is 72.6 Å². The number of hydrogen-bond donors (Lipinski definition) is 6. The van der Waals surface area contributed by atoms with E-state index < -0.39 is 38.4 Å². The molecule has 47 heavy (non-hydrogen) atoms. The van der Waals surface area contributed by atoms with Gasteiger partial charge in [-0.1, -0.05) is 12.1 Å². The Hall–Kier alpha value is -6.39. The first-order valence-electron chi connectivity index (χ1n) is 13.4. The van der Waals surface area contributed by atoms with Crippen LogP contribution in [0.2, 0.25) is 0 Å². The number of azo groups is 2. The SMILES string of the molecule is COc1cc(/N=N/c2cccc(C(=O)O)c2)c(N)cc1/N=N/c1c(S(=O)(=O)O)cc2ccc(Nc3ccc(C(=O)O)cc3)cc2c1O. The minimum Gasteiger partial charge on any atom is -0.505 e. The predicted molar refractivity (Wildman–Crippen MR) is 171 cm³/mol. The number of aromatic carboxylic acids is 2. The van der Waals surface area contributed by atoms with Crippen LogP contribution in [0.25, 0.3) is 10.8 Å². The van der Waals surface area contributed by atoms with Crippen molar-refractivity contribution in [3.05, 3.63) is 96.1 Å². The van der Waals surface area contributed by atoms with Gasteiger partial charge in [0.05, 0.1) is 29.6 Å². The molecule has 0 amide bonds. The van der Waals surface area contributed by atoms with Gasteiger partial charge in [-0.05, 0) is 72.1 Å². The van der Waals surface area contributed by atoms with Crippen LogP contribution in [0.4, 0.5) is 39.8 Å². The standard InChI is InChI=1S/C31H24N6O9S/c1-46-26-15-24(35-34-21-4-2-3-18(11-21)31(41)42)23(32)14-25(26)36-37-28-27(47(43,44)45)12-17-7-10-20(13-22(17)29(28)38)33-19-8-5-16(6-9-19)30(39)40/h2-15,33,38H,32H2,1H3,(H,39,40)(H,41,42)(H,43,44,45)/b35-34+,37-36+. The molecule has 15 nitrogen and oxygen atoms in total. The molecular formula is C31H24N6O9S. The van der Waals surface area contributed by atoms with Gasteiger partial charge in [-0.25, -0.2) is 9.59 Å². The fourth-order valence-electron chi connectivity index (χ4n) is 4.39. The first-order valence-corrected chi connectivity index (χ1v) is 14.8. The Morgan fingerprint density at radius 2 is 1.47 bits per heavy atom. The summed E-state index contributed by atoms with van der Waals surface area (Å²) in [5.41, 5.74) is 7.17. The Morgan fingerprint density at radius 3 is 2.13 bits per heavy atom. The first-order chi connectivity index (χ1) is 22.3. The Morgan fingerprint density at radius 1 is 0.787 bits per heavy atom. The van der Waals surface area contributed by atoms with E-state index in [9.17, 15) is 32.8 Å². The molecule has 0 aliphatic heterocycles. The monoisotopic (exact) mass is 656 g/mol. The van der Waals surface area contributed by atoms with Gasteiger partial charge in [0.15, 0.2) is 5.75 Å². The summed E-state index contributed by atoms with van der Waals surface area (Å²) in [5.74, 6) is -2.73. The molecule has 0 bridgehead atoms. The number of methoxy groups -OCH3 is 1. The third-order valence-electron chi connectivity index (χ3n) is 6.70. The van der Waals surface area contributed by atoms with Crippen LogP contribution in [-0.4, -0.2) is 47.3 Å². The number of nitrogens with zero attached hydrogens (tertiary/aromatic N) is 4. The summed E-state index contributed by atoms with van der Waals surface area (Å²) < 4.78 is 39.9. The number of fused-ring (bicyclic) bond motifs is 1. The van der Waals surface area contributed by atoms with Crippen LogP contribution in [0.3, 0.4) is 0 Å². The minimum absolute atomic E-state index is 0.0119. The zero-order chi connectivity index (χ0) is 33.9. The number of benzene rings is 5. The molecular weight excluding hydrogens is 632 g/mol. The van der Waals surface area contributed by atoms with Crippen LogP contribution >= 0.6 is 0 Å². The van der Waals surface area contributed by atoms with Crippen molar-refractivity contribution in [2.45, 2.75) is 4.90 Å². The highest BCUT2D eigenvalue weighted by molar-refractivity contribution is 7.86. The van der Waals surface area contributed by atoms with Crippen LogP contribution in [0.15, 0.2) is 110 Å². The summed E-state index contributed by atoms with van der Waals surface area (Å²) in [6.45, 7) is 0. The lowest BCUT2D eigenvalue weighted by atomic mass is 10.1. The van der Waals surface area contributed by atoms with Crippen molar-refractivity contribution in [2.24, 2.45) is 20.5 Å². The van der Waals surface area contributed by atoms with E-state index in [2.05, 4.69) is 25.8 Å². The van der Waals surface area contributed by atoms with E-state index in [1.54, 1.807) is 24.3 Å². The molecule has 7 N–H and O–H groups in total. The van der Waals surface area contributed by atoms with Crippen LogP contribution in [-0.2, 0) is 10.1 Å². The molecule has 0 fully saturated rings. The molecule has 0 heterocycles. The molecule has 16 heteroatoms. The Balaban J connectivity index is 1.51. The second-order valence-corrected chi connectivity index (χ2v) is 11.2. The maximum atomic E-state index is 12.3. The van der Waals surface area contributed by atoms with Crippen molar-refractivity contribution in [1.82, 2.24) is 0 Å². The zero-order valence-electron chi connectivity index (χ0n) is 24.2. The fraction of sp³-hybridized carbons (Fsp3) is 0.0323. The van der Waals surface area contributed by atoms with Gasteiger partial charge in [-0.15, -0.1) is 15.3 Å². The van der Waals surface area contributed by atoms with Crippen molar-refractivity contribution in [1.29, 1.82) is 0 Å². The summed E-state index contributed by atoms with van der Waals surface area (Å²) in [7, 11) is -3.57. The normalized spacial score (nSPS) is 11.7. The van der Waals surface area contributed by atoms with Crippen LogP contribution in [0, 0.1) is 0 Å². The van der Waals surface area contributed by atoms with Gasteiger partial charge in [0.25, 0.3) is 10.1 Å². The van der Waals surface area contributed by atoms with Gasteiger partial charge >= 0.3 is 11.9 Å². The molecule has 238 valence electrons. The number of phenols is 1. The molecule has 0 aliphatic carbocycles. The lowest BCUT2D eigenvalue weighted by Crippen LogP contribution is -1.99. The Kier molecular flexibility index (Phi) is 8.80. The van der Waals surface area contributed by atoms with E-state index in [1.165, 1.54) is 61.7 Å². The highest BCUT2D eigenvalue weighted by Gasteiger charge is 2.23. The molecule has 5 rings (SSSR count). The van der Waals surface area contributed by atoms with Gasteiger partial charge in [-0.2, -0.15) is 13.5 Å². The number of anilines is 3. The molecule has 0 unspecified atom stereocenters. The molecule has 0 radical (unpaired) electrons. The number of carboxylic acids is 2. The first kappa shape index (κ1) is 32.0. The Bertz CT molecular complexity index is 2220. The lowest BCUT2D eigenvalue weighted by Gasteiger charge is -2.12. The van der Waals surface area contributed by atoms with Gasteiger partial charge < -0.3 is 31.1 Å². The van der Waals surface area contributed by atoms with E-state index in [0.29, 0.717) is 11.4 Å². The number of hydrogen-bond acceptors (Lipinski definition) is 12. The van der Waals surface area contributed by atoms with E-state index in [0.717, 1.165) is 6.07 Å². The summed E-state index contributed by atoms with van der Waals surface area (Å²) in [4.78, 5) is 21.7. The number of phenolic OH excluding ortho intramolecular Hbond substituents is 1. The van der Waals surface area contributed by atoms with E-state index in [-0.39, 0.29) is 50.4 Å². The van der Waals surface area contributed by atoms with Crippen molar-refractivity contribution in [2.75, 3.05) is 18.2 Å². The number of nitrogens with one attached hydrogen (secondary N) is 1. The number of nitrogen functional groups attached to an aromatic ring is 1. The highest BCUT2D eigenvalue weighted by atomic mass is 32.2. The topological polar surface area (TPSA) is 246 Å². The molecule has 5 aromatic rings. The van der Waals surface area contributed by atoms with Gasteiger partial charge in [0.2, 0.25) is 0 Å². The molecule has 0 spiro atoms. The minimum atomic E-state index is -4.89. The summed E-state index contributed by atoms with van der Waals surface area (Å²) in [5, 5.41) is 49.0. The average molecular weight is 657 g/mol. The van der Waals surface area contributed by atoms with Gasteiger partial charge in [0.1, 0.15) is 27.7 Å². The third-order valence-corrected chi connectivity index (χ3v) is 7.57. The van der Waals surface area contributed by atoms with Crippen molar-refractivity contribution in [3.63, 3.8) is 0 Å². The van der Waals surface area contributed by atoms with E-state index >= 15 is 0 Å². The molecule has 0 atom stereocenters. The van der Waals surface area contributed by atoms with E-state index in [4.69, 9.17) is 15.6 Å². The molecule has 0 aromatic heterocycles. The maximum absolute atomic E-state index is 12.3. The fourth-order valence-corrected chi connectivity index (χ4v) is 5.05. The van der Waals surface area contributed by atoms with Gasteiger partial charge in [0, 0.05) is 22.8 Å². The van der Waals surface area contributed by atoms with Gasteiger partial charge in [-0.3, -0.25) is 4.55 Å². The number of aromatic hydroxyl groups is 1. The number of carbonyl (C=O) groups is 2. The second kappa shape index (κ2) is 12.9. The highest BCUT2D eigenvalue weighted by Crippen LogP contribution is 2.44. The number of rotatable bonds is 10. The van der Waals surface area contributed by atoms with E-state index in [1.807, 2.05) is 0 Å². The summed E-state index contributed by atoms with van der Waals surface area (Å²) in [6, 6.07) is 20.1. The number of nitrogens with two attached hydrogens (primary N) is 1. The molecule has 0 saturated heterocycles. The zero-order valence-corrected chi connectivity index (χ0v) is 25.0. The van der Waals surface area contributed by atoms with Crippen LogP contribution in [0.5, 0.6) is 11.5 Å².